The van der Waals surface area contributed by atoms with Crippen molar-refractivity contribution in [3.8, 4) is 0 Å². The van der Waals surface area contributed by atoms with E-state index >= 15 is 0 Å². The Morgan fingerprint density at radius 1 is 1.15 bits per heavy atom. The molecule has 0 radical (unpaired) electrons. The van der Waals surface area contributed by atoms with Gasteiger partial charge in [-0.25, -0.2) is 9.37 Å². The normalized spacial score (nSPS) is 10.8. The molecule has 0 unspecified atom stereocenters. The second kappa shape index (κ2) is 12.5. The summed E-state index contributed by atoms with van der Waals surface area (Å²) in [5.74, 6) is 1.50. The van der Waals surface area contributed by atoms with Crippen molar-refractivity contribution < 1.29 is 4.39 Å². The first-order chi connectivity index (χ1) is 12.2. The molecular weight excluding hydrogens is 444 g/mol. The molecule has 0 amide bonds. The number of halogens is 2. The highest BCUT2D eigenvalue weighted by Gasteiger charge is 2.06. The lowest BCUT2D eigenvalue weighted by Crippen LogP contribution is -2.39. The number of nitrogens with one attached hydrogen (secondary N) is 2. The zero-order valence-electron chi connectivity index (χ0n) is 15.3. The summed E-state index contributed by atoms with van der Waals surface area (Å²) in [5.41, 5.74) is 0.921. The second-order valence-electron chi connectivity index (χ2n) is 5.81. The van der Waals surface area contributed by atoms with Crippen LogP contribution in [0.3, 0.4) is 0 Å². The number of guanidine groups is 1. The summed E-state index contributed by atoms with van der Waals surface area (Å²) in [6.45, 7) is 2.33. The van der Waals surface area contributed by atoms with Gasteiger partial charge in [-0.1, -0.05) is 18.2 Å². The Morgan fingerprint density at radius 2 is 1.96 bits per heavy atom. The van der Waals surface area contributed by atoms with Crippen molar-refractivity contribution in [1.82, 2.24) is 15.2 Å². The quantitative estimate of drug-likeness (QED) is 0.267. The topological polar surface area (TPSA) is 52.6 Å². The smallest absolute Gasteiger partial charge is 0.193 e. The largest absolute Gasteiger partial charge is 0.370 e. The number of nitrogens with zero attached hydrogens (tertiary/aromatic N) is 3. The molecule has 0 fully saturated rings. The van der Waals surface area contributed by atoms with Gasteiger partial charge in [0.1, 0.15) is 11.6 Å². The number of pyridine rings is 1. The lowest BCUT2D eigenvalue weighted by atomic mass is 10.2. The Hall–Kier alpha value is -1.90. The molecule has 2 rings (SSSR count). The summed E-state index contributed by atoms with van der Waals surface area (Å²) < 4.78 is 13.3. The molecule has 0 aliphatic carbocycles. The number of aliphatic imine (C=N–C) groups is 1. The molecule has 0 spiro atoms. The van der Waals surface area contributed by atoms with Crippen molar-refractivity contribution in [2.24, 2.45) is 4.99 Å². The van der Waals surface area contributed by atoms with Gasteiger partial charge in [0, 0.05) is 39.9 Å². The summed E-state index contributed by atoms with van der Waals surface area (Å²) in [6.07, 6.45) is 3.84. The van der Waals surface area contributed by atoms with Crippen molar-refractivity contribution in [1.29, 1.82) is 0 Å². The van der Waals surface area contributed by atoms with Gasteiger partial charge in [-0.2, -0.15) is 0 Å². The molecule has 5 nitrogen and oxygen atoms in total. The molecule has 2 N–H and O–H groups in total. The van der Waals surface area contributed by atoms with E-state index in [1.165, 1.54) is 6.07 Å². The minimum atomic E-state index is -0.214. The van der Waals surface area contributed by atoms with Crippen LogP contribution in [0.15, 0.2) is 53.7 Å². The van der Waals surface area contributed by atoms with Crippen LogP contribution in [0.1, 0.15) is 18.4 Å². The molecule has 142 valence electrons. The average molecular weight is 471 g/mol. The summed E-state index contributed by atoms with van der Waals surface area (Å²) in [7, 11) is 3.70. The van der Waals surface area contributed by atoms with E-state index in [1.54, 1.807) is 25.4 Å². The number of anilines is 1. The van der Waals surface area contributed by atoms with Gasteiger partial charge in [0.2, 0.25) is 0 Å². The fraction of sp³-hybridized carbons (Fsp3) is 0.368. The van der Waals surface area contributed by atoms with Crippen LogP contribution in [0.4, 0.5) is 10.2 Å². The highest BCUT2D eigenvalue weighted by molar-refractivity contribution is 14.0. The van der Waals surface area contributed by atoms with E-state index in [1.807, 2.05) is 36.2 Å². The Labute approximate surface area is 172 Å². The van der Waals surface area contributed by atoms with E-state index in [-0.39, 0.29) is 29.8 Å². The SMILES string of the molecule is CN=C(NCCCCNc1ccccn1)N(C)Cc1cccc(F)c1.I. The van der Waals surface area contributed by atoms with Crippen LogP contribution in [0, 0.1) is 5.82 Å². The van der Waals surface area contributed by atoms with Gasteiger partial charge < -0.3 is 15.5 Å². The highest BCUT2D eigenvalue weighted by Crippen LogP contribution is 2.06. The standard InChI is InChI=1S/C19H26FN5.HI/c1-21-19(25(2)15-16-8-7-9-17(20)14-16)24-13-6-5-12-23-18-10-3-4-11-22-18;/h3-4,7-11,14H,5-6,12-13,15H2,1-2H3,(H,21,24)(H,22,23);1H. The van der Waals surface area contributed by atoms with Crippen LogP contribution >= 0.6 is 24.0 Å². The van der Waals surface area contributed by atoms with E-state index in [2.05, 4.69) is 20.6 Å². The third-order valence-corrected chi connectivity index (χ3v) is 3.74. The number of aromatic nitrogens is 1. The Kier molecular flexibility index (Phi) is 10.6. The van der Waals surface area contributed by atoms with Crippen molar-refractivity contribution in [2.45, 2.75) is 19.4 Å². The Morgan fingerprint density at radius 3 is 2.65 bits per heavy atom. The summed E-state index contributed by atoms with van der Waals surface area (Å²) in [6, 6.07) is 12.5. The molecule has 1 aromatic carbocycles. The van der Waals surface area contributed by atoms with E-state index in [0.29, 0.717) is 6.54 Å². The van der Waals surface area contributed by atoms with Gasteiger partial charge in [0.05, 0.1) is 0 Å². The average Bonchev–Trinajstić information content (AvgIpc) is 2.62. The predicted molar refractivity (Wildman–Crippen MR) is 117 cm³/mol. The number of unbranched alkanes of at least 4 members (excludes halogenated alkanes) is 1. The van der Waals surface area contributed by atoms with Crippen LogP contribution in [0.5, 0.6) is 0 Å². The summed E-state index contributed by atoms with van der Waals surface area (Å²) >= 11 is 0. The maximum Gasteiger partial charge on any atom is 0.193 e. The van der Waals surface area contributed by atoms with E-state index < -0.39 is 0 Å². The van der Waals surface area contributed by atoms with Crippen molar-refractivity contribution in [2.75, 3.05) is 32.5 Å². The van der Waals surface area contributed by atoms with Crippen molar-refractivity contribution >= 4 is 35.8 Å². The fourth-order valence-electron chi connectivity index (χ4n) is 2.50. The number of benzene rings is 1. The molecule has 0 bridgehead atoms. The first-order valence-corrected chi connectivity index (χ1v) is 8.50. The van der Waals surface area contributed by atoms with Gasteiger partial charge in [-0.3, -0.25) is 4.99 Å². The van der Waals surface area contributed by atoms with Crippen LogP contribution in [-0.4, -0.2) is 43.0 Å². The first kappa shape index (κ1) is 22.1. The molecule has 0 aliphatic heterocycles. The molecule has 7 heteroatoms. The molecule has 26 heavy (non-hydrogen) atoms. The molecule has 0 saturated carbocycles. The zero-order valence-corrected chi connectivity index (χ0v) is 17.6. The molecule has 1 aromatic heterocycles. The van der Waals surface area contributed by atoms with Crippen LogP contribution < -0.4 is 10.6 Å². The zero-order chi connectivity index (χ0) is 17.9. The van der Waals surface area contributed by atoms with E-state index in [9.17, 15) is 4.39 Å². The van der Waals surface area contributed by atoms with Gasteiger partial charge in [-0.05, 0) is 42.7 Å². The lowest BCUT2D eigenvalue weighted by Gasteiger charge is -2.22. The van der Waals surface area contributed by atoms with Gasteiger partial charge in [0.25, 0.3) is 0 Å². The van der Waals surface area contributed by atoms with Crippen molar-refractivity contribution in [3.05, 3.63) is 60.0 Å². The summed E-state index contributed by atoms with van der Waals surface area (Å²) in [4.78, 5) is 10.5. The minimum absolute atomic E-state index is 0. The maximum atomic E-state index is 13.3. The van der Waals surface area contributed by atoms with Crippen LogP contribution in [0.25, 0.3) is 0 Å². The predicted octanol–water partition coefficient (Wildman–Crippen LogP) is 3.74. The molecule has 1 heterocycles. The highest BCUT2D eigenvalue weighted by atomic mass is 127. The molecular formula is C19H27FIN5. The van der Waals surface area contributed by atoms with Crippen LogP contribution in [-0.2, 0) is 6.54 Å². The number of rotatable bonds is 8. The fourth-order valence-corrected chi connectivity index (χ4v) is 2.50. The number of hydrogen-bond donors (Lipinski definition) is 2. The van der Waals surface area contributed by atoms with Gasteiger partial charge in [-0.15, -0.1) is 24.0 Å². The number of hydrogen-bond acceptors (Lipinski definition) is 3. The Balaban J connectivity index is 0.00000338. The Bertz CT molecular complexity index is 666. The molecule has 0 saturated heterocycles. The minimum Gasteiger partial charge on any atom is -0.370 e. The van der Waals surface area contributed by atoms with Gasteiger partial charge >= 0.3 is 0 Å². The van der Waals surface area contributed by atoms with E-state index in [4.69, 9.17) is 0 Å². The first-order valence-electron chi connectivity index (χ1n) is 8.50. The van der Waals surface area contributed by atoms with Crippen molar-refractivity contribution in [3.63, 3.8) is 0 Å². The molecule has 0 atom stereocenters. The summed E-state index contributed by atoms with van der Waals surface area (Å²) in [5, 5.41) is 6.63. The lowest BCUT2D eigenvalue weighted by molar-refractivity contribution is 0.473. The third kappa shape index (κ3) is 7.99. The molecule has 0 aliphatic rings. The van der Waals surface area contributed by atoms with E-state index in [0.717, 1.165) is 43.3 Å². The molecule has 2 aromatic rings. The van der Waals surface area contributed by atoms with Crippen LogP contribution in [0.2, 0.25) is 0 Å². The monoisotopic (exact) mass is 471 g/mol. The third-order valence-electron chi connectivity index (χ3n) is 3.74. The maximum absolute atomic E-state index is 13.3. The second-order valence-corrected chi connectivity index (χ2v) is 5.81. The van der Waals surface area contributed by atoms with Gasteiger partial charge in [0.15, 0.2) is 5.96 Å².